The molecular formula is C15H13ClFNO. The van der Waals surface area contributed by atoms with Crippen molar-refractivity contribution in [1.82, 2.24) is 5.32 Å². The lowest BCUT2D eigenvalue weighted by Crippen LogP contribution is -2.26. The number of carbonyl (C=O) groups is 1. The van der Waals surface area contributed by atoms with Crippen LogP contribution in [0.1, 0.15) is 28.9 Å². The van der Waals surface area contributed by atoms with Crippen molar-refractivity contribution in [3.63, 3.8) is 0 Å². The van der Waals surface area contributed by atoms with E-state index in [9.17, 15) is 9.18 Å². The van der Waals surface area contributed by atoms with Crippen molar-refractivity contribution in [3.05, 3.63) is 70.5 Å². The molecule has 2 nitrogen and oxygen atoms in total. The summed E-state index contributed by atoms with van der Waals surface area (Å²) in [6.07, 6.45) is 0. The zero-order chi connectivity index (χ0) is 13.8. The van der Waals surface area contributed by atoms with E-state index in [-0.39, 0.29) is 22.5 Å². The second-order valence-electron chi connectivity index (χ2n) is 4.23. The van der Waals surface area contributed by atoms with Gasteiger partial charge >= 0.3 is 0 Å². The molecule has 2 aromatic rings. The number of rotatable bonds is 3. The minimum Gasteiger partial charge on any atom is -0.345 e. The van der Waals surface area contributed by atoms with Gasteiger partial charge in [0, 0.05) is 0 Å². The molecule has 2 rings (SSSR count). The molecule has 1 amide bonds. The molecule has 2 aromatic carbocycles. The van der Waals surface area contributed by atoms with Crippen LogP contribution in [0.5, 0.6) is 0 Å². The zero-order valence-electron chi connectivity index (χ0n) is 10.4. The van der Waals surface area contributed by atoms with Gasteiger partial charge in [-0.3, -0.25) is 4.79 Å². The SMILES string of the molecule is CC(NC(=O)c1cc(F)ccc1Cl)c1ccccc1. The lowest BCUT2D eigenvalue weighted by Gasteiger charge is -2.14. The fourth-order valence-corrected chi connectivity index (χ4v) is 1.97. The summed E-state index contributed by atoms with van der Waals surface area (Å²) < 4.78 is 13.1. The van der Waals surface area contributed by atoms with Gasteiger partial charge in [-0.15, -0.1) is 0 Å². The predicted octanol–water partition coefficient (Wildman–Crippen LogP) is 3.97. The van der Waals surface area contributed by atoms with Crippen molar-refractivity contribution in [2.75, 3.05) is 0 Å². The Morgan fingerprint density at radius 2 is 1.89 bits per heavy atom. The van der Waals surface area contributed by atoms with Crippen molar-refractivity contribution in [1.29, 1.82) is 0 Å². The van der Waals surface area contributed by atoms with Crippen LogP contribution in [-0.2, 0) is 0 Å². The van der Waals surface area contributed by atoms with E-state index >= 15 is 0 Å². The van der Waals surface area contributed by atoms with E-state index in [2.05, 4.69) is 5.32 Å². The molecule has 1 atom stereocenters. The van der Waals surface area contributed by atoms with E-state index < -0.39 is 5.82 Å². The Balaban J connectivity index is 2.15. The summed E-state index contributed by atoms with van der Waals surface area (Å²) in [5.41, 5.74) is 1.12. The van der Waals surface area contributed by atoms with E-state index in [0.29, 0.717) is 0 Å². The number of nitrogens with one attached hydrogen (secondary N) is 1. The van der Waals surface area contributed by atoms with Crippen molar-refractivity contribution in [2.24, 2.45) is 0 Å². The lowest BCUT2D eigenvalue weighted by molar-refractivity contribution is 0.0939. The number of benzene rings is 2. The van der Waals surface area contributed by atoms with Crippen LogP contribution in [0.4, 0.5) is 4.39 Å². The minimum atomic E-state index is -0.484. The summed E-state index contributed by atoms with van der Waals surface area (Å²) in [5, 5.41) is 3.03. The molecule has 1 N–H and O–H groups in total. The third-order valence-electron chi connectivity index (χ3n) is 2.82. The van der Waals surface area contributed by atoms with Gasteiger partial charge in [0.2, 0.25) is 0 Å². The van der Waals surface area contributed by atoms with Crippen LogP contribution in [0.3, 0.4) is 0 Å². The largest absolute Gasteiger partial charge is 0.345 e. The number of hydrogen-bond acceptors (Lipinski definition) is 1. The molecule has 0 aliphatic rings. The first-order valence-electron chi connectivity index (χ1n) is 5.89. The molecule has 0 saturated carbocycles. The van der Waals surface area contributed by atoms with Crippen LogP contribution >= 0.6 is 11.6 Å². The molecule has 0 aliphatic carbocycles. The fraction of sp³-hybridized carbons (Fsp3) is 0.133. The van der Waals surface area contributed by atoms with Gasteiger partial charge in [-0.05, 0) is 30.7 Å². The maximum atomic E-state index is 13.1. The number of amides is 1. The first-order valence-corrected chi connectivity index (χ1v) is 6.26. The molecule has 0 aromatic heterocycles. The maximum Gasteiger partial charge on any atom is 0.253 e. The Bertz CT molecular complexity index is 586. The number of halogens is 2. The van der Waals surface area contributed by atoms with E-state index in [1.807, 2.05) is 37.3 Å². The highest BCUT2D eigenvalue weighted by molar-refractivity contribution is 6.33. The Labute approximate surface area is 116 Å². The molecule has 1 unspecified atom stereocenters. The van der Waals surface area contributed by atoms with Gasteiger partial charge < -0.3 is 5.32 Å². The molecule has 0 spiro atoms. The van der Waals surface area contributed by atoms with E-state index in [1.54, 1.807) is 0 Å². The quantitative estimate of drug-likeness (QED) is 0.904. The summed E-state index contributed by atoms with van der Waals surface area (Å²) >= 11 is 5.89. The summed E-state index contributed by atoms with van der Waals surface area (Å²) in [6, 6.07) is 13.1. The van der Waals surface area contributed by atoms with Crippen LogP contribution < -0.4 is 5.32 Å². The number of hydrogen-bond donors (Lipinski definition) is 1. The Morgan fingerprint density at radius 3 is 2.58 bits per heavy atom. The van der Waals surface area contributed by atoms with Crippen LogP contribution in [0, 0.1) is 5.82 Å². The maximum absolute atomic E-state index is 13.1. The molecular weight excluding hydrogens is 265 g/mol. The standard InChI is InChI=1S/C15H13ClFNO/c1-10(11-5-3-2-4-6-11)18-15(19)13-9-12(17)7-8-14(13)16/h2-10H,1H3,(H,18,19). The average molecular weight is 278 g/mol. The highest BCUT2D eigenvalue weighted by Crippen LogP contribution is 2.19. The molecule has 19 heavy (non-hydrogen) atoms. The fourth-order valence-electron chi connectivity index (χ4n) is 1.77. The van der Waals surface area contributed by atoms with Crippen molar-refractivity contribution in [3.8, 4) is 0 Å². The molecule has 0 radical (unpaired) electrons. The molecule has 98 valence electrons. The third-order valence-corrected chi connectivity index (χ3v) is 3.15. The highest BCUT2D eigenvalue weighted by atomic mass is 35.5. The molecule has 0 saturated heterocycles. The zero-order valence-corrected chi connectivity index (χ0v) is 11.1. The van der Waals surface area contributed by atoms with Gasteiger partial charge in [0.1, 0.15) is 5.82 Å². The van der Waals surface area contributed by atoms with Crippen molar-refractivity contribution in [2.45, 2.75) is 13.0 Å². The van der Waals surface area contributed by atoms with Crippen LogP contribution in [0.2, 0.25) is 5.02 Å². The average Bonchev–Trinajstić information content (AvgIpc) is 2.42. The van der Waals surface area contributed by atoms with Gasteiger partial charge in [0.25, 0.3) is 5.91 Å². The number of carbonyl (C=O) groups excluding carboxylic acids is 1. The molecule has 0 aliphatic heterocycles. The first kappa shape index (κ1) is 13.6. The van der Waals surface area contributed by atoms with Gasteiger partial charge in [0.05, 0.1) is 16.6 Å². The van der Waals surface area contributed by atoms with Gasteiger partial charge in [-0.1, -0.05) is 41.9 Å². The summed E-state index contributed by atoms with van der Waals surface area (Å²) in [7, 11) is 0. The second kappa shape index (κ2) is 5.85. The first-order chi connectivity index (χ1) is 9.08. The van der Waals surface area contributed by atoms with Crippen LogP contribution in [-0.4, -0.2) is 5.91 Å². The van der Waals surface area contributed by atoms with E-state index in [4.69, 9.17) is 11.6 Å². The minimum absolute atomic E-state index is 0.143. The van der Waals surface area contributed by atoms with E-state index in [0.717, 1.165) is 11.6 Å². The lowest BCUT2D eigenvalue weighted by atomic mass is 10.1. The molecule has 0 fully saturated rings. The molecule has 4 heteroatoms. The van der Waals surface area contributed by atoms with Crippen molar-refractivity contribution >= 4 is 17.5 Å². The smallest absolute Gasteiger partial charge is 0.253 e. The highest BCUT2D eigenvalue weighted by Gasteiger charge is 2.14. The van der Waals surface area contributed by atoms with Crippen LogP contribution in [0.15, 0.2) is 48.5 Å². The summed E-state index contributed by atoms with van der Waals surface area (Å²) in [4.78, 5) is 12.0. The third kappa shape index (κ3) is 3.32. The Hall–Kier alpha value is -1.87. The Morgan fingerprint density at radius 1 is 1.21 bits per heavy atom. The van der Waals surface area contributed by atoms with Gasteiger partial charge in [0.15, 0.2) is 0 Å². The predicted molar refractivity (Wildman–Crippen MR) is 73.7 cm³/mol. The topological polar surface area (TPSA) is 29.1 Å². The van der Waals surface area contributed by atoms with Gasteiger partial charge in [-0.25, -0.2) is 4.39 Å². The normalized spacial score (nSPS) is 11.9. The summed E-state index contributed by atoms with van der Waals surface area (Å²) in [6.45, 7) is 1.86. The second-order valence-corrected chi connectivity index (χ2v) is 4.64. The van der Waals surface area contributed by atoms with Crippen LogP contribution in [0.25, 0.3) is 0 Å². The Kier molecular flexibility index (Phi) is 4.17. The van der Waals surface area contributed by atoms with Gasteiger partial charge in [-0.2, -0.15) is 0 Å². The summed E-state index contributed by atoms with van der Waals surface area (Å²) in [5.74, 6) is -0.872. The molecule has 0 bridgehead atoms. The monoisotopic (exact) mass is 277 g/mol. The van der Waals surface area contributed by atoms with E-state index in [1.165, 1.54) is 12.1 Å². The van der Waals surface area contributed by atoms with Crippen molar-refractivity contribution < 1.29 is 9.18 Å². The molecule has 0 heterocycles.